The number of benzene rings is 1. The first-order valence-corrected chi connectivity index (χ1v) is 8.42. The van der Waals surface area contributed by atoms with Crippen LogP contribution in [0, 0.1) is 5.92 Å². The van der Waals surface area contributed by atoms with Crippen LogP contribution in [0.2, 0.25) is 0 Å². The number of amides is 2. The van der Waals surface area contributed by atoms with Crippen molar-refractivity contribution in [3.05, 3.63) is 24.3 Å². The molecule has 1 aromatic rings. The highest BCUT2D eigenvalue weighted by atomic mass is 16.2. The summed E-state index contributed by atoms with van der Waals surface area (Å²) in [6, 6.07) is 7.24. The number of rotatable bonds is 5. The fraction of sp³-hybridized carbons (Fsp3) is 0.556. The van der Waals surface area contributed by atoms with Crippen molar-refractivity contribution in [1.29, 1.82) is 0 Å². The molecule has 1 saturated carbocycles. The van der Waals surface area contributed by atoms with Crippen molar-refractivity contribution in [3.8, 4) is 0 Å². The minimum absolute atomic E-state index is 0.0159. The Morgan fingerprint density at radius 2 is 1.96 bits per heavy atom. The average molecular weight is 317 g/mol. The number of hydrogen-bond donors (Lipinski definition) is 3. The van der Waals surface area contributed by atoms with Crippen LogP contribution < -0.4 is 16.4 Å². The zero-order chi connectivity index (χ0) is 16.9. The van der Waals surface area contributed by atoms with Crippen LogP contribution in [0.25, 0.3) is 0 Å². The number of carbonyl (C=O) groups is 2. The van der Waals surface area contributed by atoms with E-state index in [-0.39, 0.29) is 17.7 Å². The molecule has 0 bridgehead atoms. The fourth-order valence-electron chi connectivity index (χ4n) is 3.14. The molecule has 1 aromatic carbocycles. The summed E-state index contributed by atoms with van der Waals surface area (Å²) >= 11 is 0. The molecule has 1 fully saturated rings. The van der Waals surface area contributed by atoms with E-state index in [0.717, 1.165) is 32.1 Å². The summed E-state index contributed by atoms with van der Waals surface area (Å²) in [4.78, 5) is 24.2. The van der Waals surface area contributed by atoms with Crippen molar-refractivity contribution in [2.75, 3.05) is 10.6 Å². The zero-order valence-corrected chi connectivity index (χ0v) is 14.0. The standard InChI is InChI=1S/C18H27N3O2/c1-3-7-16(22)20-13-8-6-9-14(12-13)21-17(23)15-10-4-5-11-18(15,2)19/h6,8-9,12,15H,3-5,7,10-11,19H2,1-2H3,(H,20,22)(H,21,23). The van der Waals surface area contributed by atoms with Crippen LogP contribution in [0.3, 0.4) is 0 Å². The van der Waals surface area contributed by atoms with Crippen molar-refractivity contribution in [2.24, 2.45) is 11.7 Å². The molecule has 126 valence electrons. The van der Waals surface area contributed by atoms with Gasteiger partial charge in [0.1, 0.15) is 0 Å². The molecule has 1 aliphatic rings. The smallest absolute Gasteiger partial charge is 0.229 e. The molecule has 2 unspecified atom stereocenters. The lowest BCUT2D eigenvalue weighted by Crippen LogP contribution is -2.51. The Labute approximate surface area is 138 Å². The Kier molecular flexibility index (Phi) is 5.77. The highest BCUT2D eigenvalue weighted by Gasteiger charge is 2.37. The summed E-state index contributed by atoms with van der Waals surface area (Å²) in [6.45, 7) is 3.92. The van der Waals surface area contributed by atoms with Crippen LogP contribution in [0.1, 0.15) is 52.4 Å². The highest BCUT2D eigenvalue weighted by Crippen LogP contribution is 2.32. The predicted molar refractivity (Wildman–Crippen MR) is 93.2 cm³/mol. The summed E-state index contributed by atoms with van der Waals surface area (Å²) in [7, 11) is 0. The molecular formula is C18H27N3O2. The van der Waals surface area contributed by atoms with Crippen LogP contribution in [-0.2, 0) is 9.59 Å². The maximum atomic E-state index is 12.5. The number of nitrogens with one attached hydrogen (secondary N) is 2. The summed E-state index contributed by atoms with van der Waals surface area (Å²) in [5, 5.41) is 5.78. The Morgan fingerprint density at radius 1 is 1.26 bits per heavy atom. The molecular weight excluding hydrogens is 290 g/mol. The molecule has 0 radical (unpaired) electrons. The second kappa shape index (κ2) is 7.59. The van der Waals surface area contributed by atoms with Crippen molar-refractivity contribution in [3.63, 3.8) is 0 Å². The third-order valence-electron chi connectivity index (χ3n) is 4.46. The van der Waals surface area contributed by atoms with Gasteiger partial charge in [0.25, 0.3) is 0 Å². The van der Waals surface area contributed by atoms with Gasteiger partial charge >= 0.3 is 0 Å². The van der Waals surface area contributed by atoms with Gasteiger partial charge in [0.15, 0.2) is 0 Å². The Bertz CT molecular complexity index is 569. The monoisotopic (exact) mass is 317 g/mol. The second-order valence-electron chi connectivity index (χ2n) is 6.67. The molecule has 4 N–H and O–H groups in total. The summed E-state index contributed by atoms with van der Waals surface area (Å²) < 4.78 is 0. The van der Waals surface area contributed by atoms with E-state index in [1.807, 2.05) is 32.0 Å². The van der Waals surface area contributed by atoms with Crippen LogP contribution in [-0.4, -0.2) is 17.4 Å². The van der Waals surface area contributed by atoms with E-state index >= 15 is 0 Å². The first-order chi connectivity index (χ1) is 10.9. The van der Waals surface area contributed by atoms with E-state index in [1.165, 1.54) is 0 Å². The molecule has 5 nitrogen and oxygen atoms in total. The van der Waals surface area contributed by atoms with Crippen molar-refractivity contribution >= 4 is 23.2 Å². The van der Waals surface area contributed by atoms with Crippen LogP contribution >= 0.6 is 0 Å². The van der Waals surface area contributed by atoms with Gasteiger partial charge in [-0.2, -0.15) is 0 Å². The largest absolute Gasteiger partial charge is 0.326 e. The van der Waals surface area contributed by atoms with E-state index < -0.39 is 5.54 Å². The molecule has 0 aliphatic heterocycles. The lowest BCUT2D eigenvalue weighted by atomic mass is 9.74. The molecule has 0 heterocycles. The van der Waals surface area contributed by atoms with Crippen LogP contribution in [0.5, 0.6) is 0 Å². The maximum Gasteiger partial charge on any atom is 0.229 e. The van der Waals surface area contributed by atoms with Crippen LogP contribution in [0.15, 0.2) is 24.3 Å². The molecule has 0 aromatic heterocycles. The molecule has 5 heteroatoms. The molecule has 0 spiro atoms. The topological polar surface area (TPSA) is 84.2 Å². The van der Waals surface area contributed by atoms with Gasteiger partial charge in [0.2, 0.25) is 11.8 Å². The van der Waals surface area contributed by atoms with Gasteiger partial charge in [-0.05, 0) is 44.4 Å². The number of nitrogens with two attached hydrogens (primary N) is 1. The average Bonchev–Trinajstić information content (AvgIpc) is 2.47. The third kappa shape index (κ3) is 4.79. The summed E-state index contributed by atoms with van der Waals surface area (Å²) in [5.41, 5.74) is 7.22. The van der Waals surface area contributed by atoms with Crippen molar-refractivity contribution < 1.29 is 9.59 Å². The van der Waals surface area contributed by atoms with E-state index in [9.17, 15) is 9.59 Å². The SMILES string of the molecule is CCCC(=O)Nc1cccc(NC(=O)C2CCCCC2(C)N)c1. The van der Waals surface area contributed by atoms with E-state index in [1.54, 1.807) is 6.07 Å². The van der Waals surface area contributed by atoms with E-state index in [0.29, 0.717) is 17.8 Å². The highest BCUT2D eigenvalue weighted by molar-refractivity contribution is 5.95. The van der Waals surface area contributed by atoms with Gasteiger partial charge in [0, 0.05) is 23.3 Å². The molecule has 1 aliphatic carbocycles. The quantitative estimate of drug-likeness (QED) is 0.779. The molecule has 2 atom stereocenters. The van der Waals surface area contributed by atoms with Gasteiger partial charge in [0.05, 0.1) is 5.92 Å². The molecule has 23 heavy (non-hydrogen) atoms. The van der Waals surface area contributed by atoms with Gasteiger partial charge in [-0.25, -0.2) is 0 Å². The third-order valence-corrected chi connectivity index (χ3v) is 4.46. The Balaban J connectivity index is 2.02. The minimum Gasteiger partial charge on any atom is -0.326 e. The normalized spacial score (nSPS) is 24.0. The zero-order valence-electron chi connectivity index (χ0n) is 14.0. The van der Waals surface area contributed by atoms with Gasteiger partial charge in [-0.1, -0.05) is 25.8 Å². The predicted octanol–water partition coefficient (Wildman–Crippen LogP) is 3.27. The fourth-order valence-corrected chi connectivity index (χ4v) is 3.14. The molecule has 0 saturated heterocycles. The number of carbonyl (C=O) groups excluding carboxylic acids is 2. The first kappa shape index (κ1) is 17.5. The lowest BCUT2D eigenvalue weighted by molar-refractivity contribution is -0.122. The van der Waals surface area contributed by atoms with E-state index in [2.05, 4.69) is 10.6 Å². The first-order valence-electron chi connectivity index (χ1n) is 8.42. The lowest BCUT2D eigenvalue weighted by Gasteiger charge is -2.37. The van der Waals surface area contributed by atoms with Gasteiger partial charge in [-0.15, -0.1) is 0 Å². The Morgan fingerprint density at radius 3 is 2.61 bits per heavy atom. The van der Waals surface area contributed by atoms with Gasteiger partial charge in [-0.3, -0.25) is 9.59 Å². The Hall–Kier alpha value is -1.88. The summed E-state index contributed by atoms with van der Waals surface area (Å²) in [6.07, 6.45) is 5.11. The summed E-state index contributed by atoms with van der Waals surface area (Å²) in [5.74, 6) is -0.223. The maximum absolute atomic E-state index is 12.5. The van der Waals surface area contributed by atoms with E-state index in [4.69, 9.17) is 5.73 Å². The van der Waals surface area contributed by atoms with Crippen LogP contribution in [0.4, 0.5) is 11.4 Å². The van der Waals surface area contributed by atoms with Gasteiger partial charge < -0.3 is 16.4 Å². The second-order valence-corrected chi connectivity index (χ2v) is 6.67. The number of hydrogen-bond acceptors (Lipinski definition) is 3. The number of anilines is 2. The molecule has 2 amide bonds. The minimum atomic E-state index is -0.449. The van der Waals surface area contributed by atoms with Crippen molar-refractivity contribution in [2.45, 2.75) is 57.9 Å². The molecule has 2 rings (SSSR count). The van der Waals surface area contributed by atoms with Crippen molar-refractivity contribution in [1.82, 2.24) is 0 Å².